The van der Waals surface area contributed by atoms with Crippen molar-refractivity contribution in [2.45, 2.75) is 45.7 Å². The number of carbonyl (C=O) groups excluding carboxylic acids is 2. The average molecular weight is 373 g/mol. The van der Waals surface area contributed by atoms with Crippen LogP contribution < -0.4 is 15.4 Å². The summed E-state index contributed by atoms with van der Waals surface area (Å²) in [7, 11) is 1.62. The summed E-state index contributed by atoms with van der Waals surface area (Å²) < 4.78 is 5.18. The molecule has 1 aliphatic heterocycles. The molecule has 148 valence electrons. The van der Waals surface area contributed by atoms with Gasteiger partial charge in [0.25, 0.3) is 0 Å². The summed E-state index contributed by atoms with van der Waals surface area (Å²) in [5.74, 6) is 0.551. The van der Waals surface area contributed by atoms with Gasteiger partial charge in [-0.1, -0.05) is 23.8 Å². The van der Waals surface area contributed by atoms with E-state index in [-0.39, 0.29) is 18.2 Å². The van der Waals surface area contributed by atoms with Crippen LogP contribution in [-0.4, -0.2) is 49.5 Å². The molecule has 2 amide bonds. The zero-order valence-electron chi connectivity index (χ0n) is 17.0. The molecule has 1 aromatic carbocycles. The maximum absolute atomic E-state index is 12.7. The smallest absolute Gasteiger partial charge is 0.237 e. The van der Waals surface area contributed by atoms with Gasteiger partial charge in [-0.3, -0.25) is 14.5 Å². The monoisotopic (exact) mass is 373 g/mol. The lowest BCUT2D eigenvalue weighted by Crippen LogP contribution is -2.57. The highest BCUT2D eigenvalue weighted by molar-refractivity contribution is 5.89. The molecule has 1 aliphatic rings. The minimum Gasteiger partial charge on any atom is -0.497 e. The normalized spacial score (nSPS) is 17.8. The second-order valence-electron chi connectivity index (χ2n) is 7.69. The summed E-state index contributed by atoms with van der Waals surface area (Å²) in [6.45, 7) is 10.0. The lowest BCUT2D eigenvalue weighted by atomic mass is 9.93. The zero-order valence-corrected chi connectivity index (χ0v) is 17.0. The minimum atomic E-state index is -0.542. The van der Waals surface area contributed by atoms with Crippen molar-refractivity contribution in [1.29, 1.82) is 0 Å². The summed E-state index contributed by atoms with van der Waals surface area (Å²) in [5, 5.41) is 5.93. The average Bonchev–Trinajstić information content (AvgIpc) is 2.61. The molecule has 1 heterocycles. The quantitative estimate of drug-likeness (QED) is 0.719. The number of benzene rings is 1. The fourth-order valence-electron chi connectivity index (χ4n) is 3.16. The fourth-order valence-corrected chi connectivity index (χ4v) is 3.16. The standard InChI is InChI=1S/C21H31N3O3/c1-15(2)10-12-24-13-11-22-20(26)18(24)14-19(25)23-21(3,4)16-6-8-17(27-5)9-7-16/h6-10,18H,11-14H2,1-5H3,(H,22,26)(H,23,25). The predicted molar refractivity (Wildman–Crippen MR) is 107 cm³/mol. The van der Waals surface area contributed by atoms with E-state index in [0.717, 1.165) is 17.9 Å². The lowest BCUT2D eigenvalue weighted by Gasteiger charge is -2.35. The van der Waals surface area contributed by atoms with E-state index in [1.807, 2.05) is 52.0 Å². The number of rotatable bonds is 7. The molecular weight excluding hydrogens is 342 g/mol. The lowest BCUT2D eigenvalue weighted by molar-refractivity contribution is -0.134. The fraction of sp³-hybridized carbons (Fsp3) is 0.524. The third kappa shape index (κ3) is 5.82. The Bertz CT molecular complexity index is 691. The number of methoxy groups -OCH3 is 1. The van der Waals surface area contributed by atoms with Crippen LogP contribution in [0.2, 0.25) is 0 Å². The van der Waals surface area contributed by atoms with Crippen molar-refractivity contribution < 1.29 is 14.3 Å². The molecule has 0 aromatic heterocycles. The summed E-state index contributed by atoms with van der Waals surface area (Å²) in [6, 6.07) is 7.18. The van der Waals surface area contributed by atoms with Gasteiger partial charge >= 0.3 is 0 Å². The summed E-state index contributed by atoms with van der Waals surface area (Å²) in [6.07, 6.45) is 2.23. The van der Waals surface area contributed by atoms with Crippen LogP contribution in [-0.2, 0) is 15.1 Å². The third-order valence-electron chi connectivity index (χ3n) is 4.82. The number of nitrogens with zero attached hydrogens (tertiary/aromatic N) is 1. The highest BCUT2D eigenvalue weighted by Gasteiger charge is 2.32. The van der Waals surface area contributed by atoms with E-state index >= 15 is 0 Å². The zero-order chi connectivity index (χ0) is 20.0. The number of hydrogen-bond donors (Lipinski definition) is 2. The van der Waals surface area contributed by atoms with Crippen LogP contribution in [0.4, 0.5) is 0 Å². The first-order valence-corrected chi connectivity index (χ1v) is 9.33. The van der Waals surface area contributed by atoms with Gasteiger partial charge in [0.05, 0.1) is 25.1 Å². The maximum atomic E-state index is 12.7. The number of ether oxygens (including phenoxy) is 1. The Kier molecular flexibility index (Phi) is 7.02. The van der Waals surface area contributed by atoms with E-state index in [4.69, 9.17) is 4.74 Å². The van der Waals surface area contributed by atoms with Crippen LogP contribution in [0.3, 0.4) is 0 Å². The number of piperazine rings is 1. The Balaban J connectivity index is 2.04. The Morgan fingerprint density at radius 1 is 1.33 bits per heavy atom. The van der Waals surface area contributed by atoms with Gasteiger partial charge in [0.2, 0.25) is 11.8 Å². The summed E-state index contributed by atoms with van der Waals surface area (Å²) in [4.78, 5) is 27.1. The molecule has 6 heteroatoms. The largest absolute Gasteiger partial charge is 0.497 e. The number of amides is 2. The molecule has 27 heavy (non-hydrogen) atoms. The molecule has 0 saturated carbocycles. The maximum Gasteiger partial charge on any atom is 0.237 e. The molecule has 0 radical (unpaired) electrons. The first-order valence-electron chi connectivity index (χ1n) is 9.33. The first kappa shape index (κ1) is 21.0. The molecule has 1 unspecified atom stereocenters. The van der Waals surface area contributed by atoms with Gasteiger partial charge in [-0.25, -0.2) is 0 Å². The van der Waals surface area contributed by atoms with Crippen molar-refractivity contribution in [3.63, 3.8) is 0 Å². The molecule has 1 aromatic rings. The Morgan fingerprint density at radius 3 is 2.59 bits per heavy atom. The van der Waals surface area contributed by atoms with Gasteiger partial charge in [0, 0.05) is 19.6 Å². The molecule has 1 saturated heterocycles. The van der Waals surface area contributed by atoms with Crippen molar-refractivity contribution in [3.8, 4) is 5.75 Å². The molecule has 0 aliphatic carbocycles. The van der Waals surface area contributed by atoms with Crippen molar-refractivity contribution in [2.24, 2.45) is 0 Å². The van der Waals surface area contributed by atoms with Crippen LogP contribution in [0, 0.1) is 0 Å². The van der Waals surface area contributed by atoms with Crippen molar-refractivity contribution in [1.82, 2.24) is 15.5 Å². The van der Waals surface area contributed by atoms with Gasteiger partial charge in [-0.05, 0) is 45.4 Å². The topological polar surface area (TPSA) is 70.7 Å². The molecular formula is C21H31N3O3. The summed E-state index contributed by atoms with van der Waals surface area (Å²) in [5.41, 5.74) is 1.63. The number of nitrogens with one attached hydrogen (secondary N) is 2. The minimum absolute atomic E-state index is 0.0826. The number of allylic oxidation sites excluding steroid dienone is 1. The van der Waals surface area contributed by atoms with E-state index in [1.54, 1.807) is 7.11 Å². The molecule has 0 bridgehead atoms. The number of hydrogen-bond acceptors (Lipinski definition) is 4. The Hall–Kier alpha value is -2.34. The first-order chi connectivity index (χ1) is 12.7. The van der Waals surface area contributed by atoms with Crippen LogP contribution in [0.15, 0.2) is 35.9 Å². The van der Waals surface area contributed by atoms with E-state index in [0.29, 0.717) is 13.1 Å². The van der Waals surface area contributed by atoms with E-state index in [2.05, 4.69) is 21.6 Å². The van der Waals surface area contributed by atoms with Crippen molar-refractivity contribution in [2.75, 3.05) is 26.7 Å². The second kappa shape index (κ2) is 9.04. The van der Waals surface area contributed by atoms with E-state index < -0.39 is 11.6 Å². The van der Waals surface area contributed by atoms with Gasteiger partial charge in [-0.15, -0.1) is 0 Å². The van der Waals surface area contributed by atoms with Crippen molar-refractivity contribution >= 4 is 11.8 Å². The van der Waals surface area contributed by atoms with Crippen molar-refractivity contribution in [3.05, 3.63) is 41.5 Å². The summed E-state index contributed by atoms with van der Waals surface area (Å²) >= 11 is 0. The van der Waals surface area contributed by atoms with Crippen LogP contribution in [0.5, 0.6) is 5.75 Å². The molecule has 1 fully saturated rings. The second-order valence-corrected chi connectivity index (χ2v) is 7.69. The van der Waals surface area contributed by atoms with Gasteiger partial charge in [0.1, 0.15) is 5.75 Å². The van der Waals surface area contributed by atoms with Gasteiger partial charge in [-0.2, -0.15) is 0 Å². The highest BCUT2D eigenvalue weighted by atomic mass is 16.5. The molecule has 0 spiro atoms. The van der Waals surface area contributed by atoms with Crippen LogP contribution in [0.1, 0.15) is 39.7 Å². The Morgan fingerprint density at radius 2 is 2.00 bits per heavy atom. The molecule has 2 rings (SSSR count). The number of carbonyl (C=O) groups is 2. The van der Waals surface area contributed by atoms with Crippen LogP contribution in [0.25, 0.3) is 0 Å². The third-order valence-corrected chi connectivity index (χ3v) is 4.82. The SMILES string of the molecule is COc1ccc(C(C)(C)NC(=O)CC2C(=O)NCCN2CC=C(C)C)cc1. The highest BCUT2D eigenvalue weighted by Crippen LogP contribution is 2.23. The van der Waals surface area contributed by atoms with E-state index in [1.165, 1.54) is 5.57 Å². The molecule has 1 atom stereocenters. The predicted octanol–water partition coefficient (Wildman–Crippen LogP) is 2.20. The van der Waals surface area contributed by atoms with Gasteiger partial charge < -0.3 is 15.4 Å². The molecule has 6 nitrogen and oxygen atoms in total. The van der Waals surface area contributed by atoms with Crippen LogP contribution >= 0.6 is 0 Å². The van der Waals surface area contributed by atoms with Gasteiger partial charge in [0.15, 0.2) is 0 Å². The molecule has 2 N–H and O–H groups in total. The van der Waals surface area contributed by atoms with E-state index in [9.17, 15) is 9.59 Å². The Labute approximate surface area is 162 Å².